The third-order valence-corrected chi connectivity index (χ3v) is 4.76. The average molecular weight is 297 g/mol. The summed E-state index contributed by atoms with van der Waals surface area (Å²) in [6.07, 6.45) is 0. The highest BCUT2D eigenvalue weighted by Gasteiger charge is 2.25. The zero-order chi connectivity index (χ0) is 14.0. The number of nitrogens with zero attached hydrogens (tertiary/aromatic N) is 1. The summed E-state index contributed by atoms with van der Waals surface area (Å²) in [5, 5.41) is 0. The van der Waals surface area contributed by atoms with E-state index in [1.54, 1.807) is 20.8 Å². The molecule has 0 aliphatic heterocycles. The van der Waals surface area contributed by atoms with E-state index in [0.29, 0.717) is 4.34 Å². The Hall–Kier alpha value is -1.11. The van der Waals surface area contributed by atoms with Crippen LogP contribution in [0.5, 0.6) is 0 Å². The lowest BCUT2D eigenvalue weighted by atomic mass is 10.2. The van der Waals surface area contributed by atoms with Crippen LogP contribution in [0.3, 0.4) is 0 Å². The smallest absolute Gasteiger partial charge is 0.357 e. The molecule has 0 saturated carbocycles. The number of carbonyl (C=O) groups is 1. The minimum absolute atomic E-state index is 0.156. The zero-order valence-corrected chi connectivity index (χ0v) is 12.6. The average Bonchev–Trinajstić information content (AvgIpc) is 2.69. The minimum atomic E-state index is -1.45. The van der Waals surface area contributed by atoms with Crippen LogP contribution in [0.25, 0.3) is 10.2 Å². The first-order chi connectivity index (χ1) is 8.85. The van der Waals surface area contributed by atoms with E-state index in [1.165, 1.54) is 11.3 Å². The molecule has 102 valence electrons. The molecule has 1 aromatic carbocycles. The largest absolute Gasteiger partial charge is 0.609 e. The Morgan fingerprint density at radius 1 is 1.42 bits per heavy atom. The van der Waals surface area contributed by atoms with Crippen molar-refractivity contribution in [1.82, 2.24) is 4.98 Å². The van der Waals surface area contributed by atoms with Gasteiger partial charge >= 0.3 is 10.3 Å². The van der Waals surface area contributed by atoms with E-state index in [0.717, 1.165) is 10.2 Å². The molecule has 0 aliphatic rings. The van der Waals surface area contributed by atoms with Gasteiger partial charge in [-0.1, -0.05) is 23.5 Å². The quantitative estimate of drug-likeness (QED) is 0.645. The lowest BCUT2D eigenvalue weighted by Crippen LogP contribution is -2.28. The zero-order valence-electron chi connectivity index (χ0n) is 11.0. The summed E-state index contributed by atoms with van der Waals surface area (Å²) < 4.78 is 18.7. The third-order valence-electron chi connectivity index (χ3n) is 2.14. The highest BCUT2D eigenvalue weighted by molar-refractivity contribution is 7.94. The first-order valence-corrected chi connectivity index (χ1v) is 7.94. The number of para-hydroxylation sites is 1. The van der Waals surface area contributed by atoms with E-state index < -0.39 is 22.7 Å². The van der Waals surface area contributed by atoms with Gasteiger partial charge in [-0.15, -0.1) is 0 Å². The summed E-state index contributed by atoms with van der Waals surface area (Å²) in [4.78, 5) is 15.9. The van der Waals surface area contributed by atoms with Gasteiger partial charge in [-0.05, 0) is 32.9 Å². The van der Waals surface area contributed by atoms with Crippen molar-refractivity contribution >= 4 is 38.7 Å². The van der Waals surface area contributed by atoms with Crippen LogP contribution in [-0.4, -0.2) is 26.9 Å². The van der Waals surface area contributed by atoms with Crippen LogP contribution < -0.4 is 0 Å². The number of carbonyl (C=O) groups excluding carboxylic acids is 1. The van der Waals surface area contributed by atoms with Crippen molar-refractivity contribution in [2.45, 2.75) is 30.7 Å². The number of benzene rings is 1. The monoisotopic (exact) mass is 297 g/mol. The Labute approximate surface area is 119 Å². The topological polar surface area (TPSA) is 62.2 Å². The van der Waals surface area contributed by atoms with Crippen LogP contribution in [0.2, 0.25) is 0 Å². The van der Waals surface area contributed by atoms with E-state index >= 15 is 0 Å². The molecule has 0 spiro atoms. The Balaban J connectivity index is 2.07. The summed E-state index contributed by atoms with van der Waals surface area (Å²) >= 11 is -0.102. The molecule has 0 fully saturated rings. The number of ether oxygens (including phenoxy) is 1. The van der Waals surface area contributed by atoms with Gasteiger partial charge in [-0.3, -0.25) is 0 Å². The number of fused-ring (bicyclic) bond motifs is 1. The third kappa shape index (κ3) is 3.92. The van der Waals surface area contributed by atoms with Gasteiger partial charge in [0.1, 0.15) is 5.60 Å². The molecule has 0 saturated heterocycles. The molecule has 2 aromatic rings. The summed E-state index contributed by atoms with van der Waals surface area (Å²) in [7, 11) is 0. The van der Waals surface area contributed by atoms with Gasteiger partial charge < -0.3 is 9.29 Å². The number of hydrogen-bond donors (Lipinski definition) is 0. The Bertz CT molecular complexity index is 556. The Morgan fingerprint density at radius 3 is 2.74 bits per heavy atom. The first kappa shape index (κ1) is 14.3. The Kier molecular flexibility index (Phi) is 4.13. The standard InChI is InChI=1S/C13H15NO3S2/c1-13(2,3)17-11(15)8-19(16)12-14-9-6-4-5-7-10(9)18-12/h4-7H,8H2,1-3H3/t19-/m0/s1. The first-order valence-electron chi connectivity index (χ1n) is 5.81. The molecule has 0 bridgehead atoms. The van der Waals surface area contributed by atoms with Crippen LogP contribution in [0.4, 0.5) is 0 Å². The van der Waals surface area contributed by atoms with E-state index in [1.807, 2.05) is 24.3 Å². The number of esters is 1. The molecule has 4 nitrogen and oxygen atoms in total. The van der Waals surface area contributed by atoms with Gasteiger partial charge in [0, 0.05) is 11.2 Å². The molecule has 6 heteroatoms. The van der Waals surface area contributed by atoms with Gasteiger partial charge in [-0.25, -0.2) is 4.79 Å². The number of rotatable bonds is 3. The van der Waals surface area contributed by atoms with Crippen molar-refractivity contribution in [3.05, 3.63) is 24.3 Å². The lowest BCUT2D eigenvalue weighted by Gasteiger charge is -2.19. The minimum Gasteiger partial charge on any atom is -0.609 e. The maximum absolute atomic E-state index is 12.1. The summed E-state index contributed by atoms with van der Waals surface area (Å²) in [6, 6.07) is 7.56. The van der Waals surface area contributed by atoms with Crippen molar-refractivity contribution in [3.63, 3.8) is 0 Å². The van der Waals surface area contributed by atoms with Crippen molar-refractivity contribution < 1.29 is 14.1 Å². The van der Waals surface area contributed by atoms with E-state index in [9.17, 15) is 9.35 Å². The molecular weight excluding hydrogens is 282 g/mol. The fraction of sp³-hybridized carbons (Fsp3) is 0.385. The summed E-state index contributed by atoms with van der Waals surface area (Å²) in [6.45, 7) is 5.35. The van der Waals surface area contributed by atoms with Crippen LogP contribution >= 0.6 is 11.3 Å². The highest BCUT2D eigenvalue weighted by atomic mass is 32.2. The van der Waals surface area contributed by atoms with Crippen molar-refractivity contribution in [3.8, 4) is 0 Å². The van der Waals surface area contributed by atoms with E-state index in [2.05, 4.69) is 4.98 Å². The van der Waals surface area contributed by atoms with Crippen molar-refractivity contribution in [2.75, 3.05) is 5.75 Å². The van der Waals surface area contributed by atoms with Crippen LogP contribution in [0.15, 0.2) is 28.6 Å². The Morgan fingerprint density at radius 2 is 2.11 bits per heavy atom. The van der Waals surface area contributed by atoms with Gasteiger partial charge in [0.25, 0.3) is 0 Å². The van der Waals surface area contributed by atoms with Gasteiger partial charge in [-0.2, -0.15) is 4.98 Å². The maximum atomic E-state index is 12.1. The van der Waals surface area contributed by atoms with Gasteiger partial charge in [0.15, 0.2) is 0 Å². The fourth-order valence-corrected chi connectivity index (χ4v) is 3.60. The summed E-state index contributed by atoms with van der Waals surface area (Å²) in [5.74, 6) is -0.623. The molecule has 0 amide bonds. The van der Waals surface area contributed by atoms with E-state index in [4.69, 9.17) is 4.74 Å². The maximum Gasteiger partial charge on any atom is 0.357 e. The molecular formula is C13H15NO3S2. The van der Waals surface area contributed by atoms with Crippen LogP contribution in [-0.2, 0) is 20.7 Å². The summed E-state index contributed by atoms with van der Waals surface area (Å²) in [5.41, 5.74) is 0.245. The second-order valence-corrected chi connectivity index (χ2v) is 7.68. The van der Waals surface area contributed by atoms with Gasteiger partial charge in [0.05, 0.1) is 10.2 Å². The van der Waals surface area contributed by atoms with Crippen molar-refractivity contribution in [1.29, 1.82) is 0 Å². The highest BCUT2D eigenvalue weighted by Crippen LogP contribution is 2.26. The van der Waals surface area contributed by atoms with Gasteiger partial charge in [0.2, 0.25) is 5.75 Å². The predicted molar refractivity (Wildman–Crippen MR) is 76.7 cm³/mol. The lowest BCUT2D eigenvalue weighted by molar-refractivity contribution is -0.151. The molecule has 0 aliphatic carbocycles. The fourth-order valence-electron chi connectivity index (χ4n) is 1.49. The number of thiazole rings is 1. The molecule has 0 radical (unpaired) electrons. The molecule has 0 N–H and O–H groups in total. The normalized spacial score (nSPS) is 13.5. The second kappa shape index (κ2) is 5.48. The molecule has 1 heterocycles. The molecule has 1 aromatic heterocycles. The van der Waals surface area contributed by atoms with E-state index in [-0.39, 0.29) is 5.75 Å². The number of aromatic nitrogens is 1. The number of hydrogen-bond acceptors (Lipinski definition) is 5. The SMILES string of the molecule is CC(C)(C)OC(=O)C[S@+]([O-])c1nc2ccccc2s1. The molecule has 1 atom stereocenters. The molecule has 0 unspecified atom stereocenters. The molecule has 2 rings (SSSR count). The second-order valence-electron chi connectivity index (χ2n) is 5.02. The van der Waals surface area contributed by atoms with Crippen molar-refractivity contribution in [2.24, 2.45) is 0 Å². The van der Waals surface area contributed by atoms with Crippen LogP contribution in [0.1, 0.15) is 20.8 Å². The van der Waals surface area contributed by atoms with Crippen LogP contribution in [0, 0.1) is 0 Å². The predicted octanol–water partition coefficient (Wildman–Crippen LogP) is 2.75. The molecule has 19 heavy (non-hydrogen) atoms.